The Kier molecular flexibility index (Phi) is 5.50. The van der Waals surface area contributed by atoms with Crippen molar-refractivity contribution in [3.8, 4) is 0 Å². The molecule has 1 unspecified atom stereocenters. The molecular weight excluding hydrogens is 494 g/mol. The Hall–Kier alpha value is -4.66. The largest absolute Gasteiger partial charge is 0.330 e. The molecule has 3 heterocycles. The molecule has 0 bridgehead atoms. The first-order valence-electron chi connectivity index (χ1n) is 12.9. The summed E-state index contributed by atoms with van der Waals surface area (Å²) >= 11 is 0. The van der Waals surface area contributed by atoms with Gasteiger partial charge in [-0.15, -0.1) is 0 Å². The molecule has 198 valence electrons. The zero-order valence-corrected chi connectivity index (χ0v) is 22.1. The number of amides is 3. The van der Waals surface area contributed by atoms with Crippen molar-refractivity contribution >= 4 is 40.1 Å². The van der Waals surface area contributed by atoms with Gasteiger partial charge in [0.1, 0.15) is 13.1 Å². The summed E-state index contributed by atoms with van der Waals surface area (Å²) in [6.07, 6.45) is 6.59. The fourth-order valence-corrected chi connectivity index (χ4v) is 6.23. The van der Waals surface area contributed by atoms with Crippen molar-refractivity contribution in [1.29, 1.82) is 0 Å². The molecule has 1 aromatic heterocycles. The highest BCUT2D eigenvalue weighted by molar-refractivity contribution is 6.05. The number of carbonyl (C=O) groups excluding carboxylic acids is 3. The molecule has 1 atom stereocenters. The molecule has 3 aromatic rings. The Balaban J connectivity index is 1.27. The summed E-state index contributed by atoms with van der Waals surface area (Å²) in [5.41, 5.74) is 6.24. The SMILES string of the molecule is C=C/C=C\C1=C(C)NC(=O)C12Cc1ccc(NC(=O)Cn3c(=O)n4c5c(cc(C)cc53)N(C)C(=O)C4)cc1C2. The minimum atomic E-state index is -0.671. The van der Waals surface area contributed by atoms with E-state index in [0.29, 0.717) is 35.2 Å². The van der Waals surface area contributed by atoms with Crippen LogP contribution < -0.4 is 21.2 Å². The van der Waals surface area contributed by atoms with Gasteiger partial charge in [-0.05, 0) is 73.2 Å². The molecule has 1 spiro atoms. The van der Waals surface area contributed by atoms with Gasteiger partial charge in [-0.25, -0.2) is 4.79 Å². The number of rotatable bonds is 5. The third-order valence-corrected chi connectivity index (χ3v) is 8.10. The van der Waals surface area contributed by atoms with E-state index in [0.717, 1.165) is 28.0 Å². The molecule has 6 rings (SSSR count). The lowest BCUT2D eigenvalue weighted by Crippen LogP contribution is -2.38. The average molecular weight is 524 g/mol. The number of carbonyl (C=O) groups is 3. The molecule has 0 saturated carbocycles. The van der Waals surface area contributed by atoms with Crippen LogP contribution in [-0.2, 0) is 40.3 Å². The number of allylic oxidation sites excluding steroid dienone is 4. The quantitative estimate of drug-likeness (QED) is 0.502. The van der Waals surface area contributed by atoms with Gasteiger partial charge in [-0.1, -0.05) is 30.9 Å². The molecule has 0 saturated heterocycles. The van der Waals surface area contributed by atoms with E-state index in [1.165, 1.54) is 9.13 Å². The molecule has 0 radical (unpaired) electrons. The Labute approximate surface area is 225 Å². The highest BCUT2D eigenvalue weighted by atomic mass is 16.2. The van der Waals surface area contributed by atoms with Crippen LogP contribution in [0.15, 0.2) is 71.2 Å². The fourth-order valence-electron chi connectivity index (χ4n) is 6.23. The number of hydrogen-bond acceptors (Lipinski definition) is 4. The van der Waals surface area contributed by atoms with Gasteiger partial charge in [-0.2, -0.15) is 0 Å². The van der Waals surface area contributed by atoms with E-state index in [2.05, 4.69) is 17.2 Å². The third-order valence-electron chi connectivity index (χ3n) is 8.10. The number of likely N-dealkylation sites (N-methyl/N-ethyl adjacent to an activating group) is 1. The van der Waals surface area contributed by atoms with E-state index < -0.39 is 5.41 Å². The van der Waals surface area contributed by atoms with Gasteiger partial charge in [0.15, 0.2) is 0 Å². The average Bonchev–Trinajstić information content (AvgIpc) is 3.47. The number of benzene rings is 2. The van der Waals surface area contributed by atoms with E-state index in [1.54, 1.807) is 18.0 Å². The predicted octanol–water partition coefficient (Wildman–Crippen LogP) is 2.96. The second-order valence-corrected chi connectivity index (χ2v) is 10.6. The summed E-state index contributed by atoms with van der Waals surface area (Å²) in [6.45, 7) is 7.29. The summed E-state index contributed by atoms with van der Waals surface area (Å²) in [4.78, 5) is 53.5. The van der Waals surface area contributed by atoms with Crippen LogP contribution in [0.3, 0.4) is 0 Å². The van der Waals surface area contributed by atoms with E-state index in [4.69, 9.17) is 0 Å². The van der Waals surface area contributed by atoms with Crippen molar-refractivity contribution in [3.63, 3.8) is 0 Å². The van der Waals surface area contributed by atoms with Crippen molar-refractivity contribution in [1.82, 2.24) is 14.5 Å². The highest BCUT2D eigenvalue weighted by Crippen LogP contribution is 2.47. The summed E-state index contributed by atoms with van der Waals surface area (Å²) in [5.74, 6) is -0.550. The number of nitrogens with one attached hydrogen (secondary N) is 2. The second kappa shape index (κ2) is 8.69. The second-order valence-electron chi connectivity index (χ2n) is 10.6. The van der Waals surface area contributed by atoms with Crippen LogP contribution in [0.5, 0.6) is 0 Å². The van der Waals surface area contributed by atoms with Gasteiger partial charge < -0.3 is 15.5 Å². The first-order chi connectivity index (χ1) is 18.6. The Morgan fingerprint density at radius 2 is 1.90 bits per heavy atom. The number of anilines is 2. The highest BCUT2D eigenvalue weighted by Gasteiger charge is 2.50. The Morgan fingerprint density at radius 3 is 2.67 bits per heavy atom. The smallest absolute Gasteiger partial charge is 0.329 e. The molecule has 0 fully saturated rings. The molecule has 2 N–H and O–H groups in total. The van der Waals surface area contributed by atoms with Crippen LogP contribution in [0, 0.1) is 12.3 Å². The van der Waals surface area contributed by atoms with Gasteiger partial charge in [0.2, 0.25) is 17.7 Å². The number of nitrogens with zero attached hydrogens (tertiary/aromatic N) is 3. The van der Waals surface area contributed by atoms with Gasteiger partial charge in [0, 0.05) is 18.4 Å². The molecule has 1 aliphatic carbocycles. The van der Waals surface area contributed by atoms with Crippen molar-refractivity contribution in [2.75, 3.05) is 17.3 Å². The van der Waals surface area contributed by atoms with Crippen molar-refractivity contribution in [3.05, 3.63) is 93.6 Å². The number of aryl methyl sites for hydroxylation is 1. The van der Waals surface area contributed by atoms with Crippen LogP contribution in [-0.4, -0.2) is 33.9 Å². The van der Waals surface area contributed by atoms with Gasteiger partial charge >= 0.3 is 5.69 Å². The first kappa shape index (κ1) is 24.7. The molecular formula is C30H29N5O4. The van der Waals surface area contributed by atoms with E-state index >= 15 is 0 Å². The summed E-state index contributed by atoms with van der Waals surface area (Å²) < 4.78 is 2.86. The molecule has 2 aromatic carbocycles. The third kappa shape index (κ3) is 3.68. The zero-order valence-electron chi connectivity index (χ0n) is 22.1. The monoisotopic (exact) mass is 523 g/mol. The lowest BCUT2D eigenvalue weighted by molar-refractivity contribution is -0.126. The Morgan fingerprint density at radius 1 is 1.13 bits per heavy atom. The normalized spacial score (nSPS) is 19.9. The number of aromatic nitrogens is 2. The maximum atomic E-state index is 13.2. The van der Waals surface area contributed by atoms with Crippen LogP contribution in [0.2, 0.25) is 0 Å². The molecule has 9 nitrogen and oxygen atoms in total. The minimum absolute atomic E-state index is 0.0163. The Bertz CT molecular complexity index is 1750. The van der Waals surface area contributed by atoms with Crippen LogP contribution >= 0.6 is 0 Å². The molecule has 3 aliphatic rings. The maximum Gasteiger partial charge on any atom is 0.330 e. The number of fused-ring (bicyclic) bond motifs is 1. The lowest BCUT2D eigenvalue weighted by Gasteiger charge is -2.24. The minimum Gasteiger partial charge on any atom is -0.329 e. The standard InChI is InChI=1S/C30H29N5O4/c1-5-6-7-22-18(3)31-28(38)30(22)13-19-8-9-21(12-20(19)14-30)32-25(36)15-34-24-11-17(2)10-23-27(24)35(29(34)39)16-26(37)33(23)4/h5-12H,1,13-16H2,2-4H3,(H,31,38)(H,32,36)/b7-6-. The molecule has 39 heavy (non-hydrogen) atoms. The number of imidazole rings is 1. The number of hydrogen-bond donors (Lipinski definition) is 2. The molecule has 2 aliphatic heterocycles. The summed E-state index contributed by atoms with van der Waals surface area (Å²) in [7, 11) is 1.69. The first-order valence-corrected chi connectivity index (χ1v) is 12.9. The topological polar surface area (TPSA) is 105 Å². The fraction of sp³-hybridized carbons (Fsp3) is 0.267. The summed E-state index contributed by atoms with van der Waals surface area (Å²) in [6, 6.07) is 9.43. The van der Waals surface area contributed by atoms with Crippen LogP contribution in [0.1, 0.15) is 23.6 Å². The van der Waals surface area contributed by atoms with Gasteiger partial charge in [-0.3, -0.25) is 23.5 Å². The van der Waals surface area contributed by atoms with Crippen molar-refractivity contribution < 1.29 is 14.4 Å². The van der Waals surface area contributed by atoms with E-state index in [9.17, 15) is 19.2 Å². The van der Waals surface area contributed by atoms with Crippen LogP contribution in [0.25, 0.3) is 11.0 Å². The van der Waals surface area contributed by atoms with Crippen molar-refractivity contribution in [2.24, 2.45) is 5.41 Å². The van der Waals surface area contributed by atoms with Gasteiger partial charge in [0.25, 0.3) is 0 Å². The summed E-state index contributed by atoms with van der Waals surface area (Å²) in [5, 5.41) is 5.91. The predicted molar refractivity (Wildman–Crippen MR) is 149 cm³/mol. The molecule has 3 amide bonds. The van der Waals surface area contributed by atoms with E-state index in [-0.39, 0.29) is 36.5 Å². The lowest BCUT2D eigenvalue weighted by atomic mass is 9.78. The van der Waals surface area contributed by atoms with Crippen LogP contribution in [0.4, 0.5) is 11.4 Å². The maximum absolute atomic E-state index is 13.2. The van der Waals surface area contributed by atoms with Crippen molar-refractivity contribution in [2.45, 2.75) is 39.8 Å². The molecule has 9 heteroatoms. The van der Waals surface area contributed by atoms with E-state index in [1.807, 2.05) is 56.3 Å². The van der Waals surface area contributed by atoms with Gasteiger partial charge in [0.05, 0.1) is 22.1 Å². The zero-order chi connectivity index (χ0) is 27.6.